The first-order valence-corrected chi connectivity index (χ1v) is 6.42. The smallest absolute Gasteiger partial charge is 0.0104 e. The lowest BCUT2D eigenvalue weighted by Crippen LogP contribution is -2.28. The molecule has 17 heavy (non-hydrogen) atoms. The molecule has 0 fully saturated rings. The van der Waals surface area contributed by atoms with E-state index >= 15 is 0 Å². The Morgan fingerprint density at radius 3 is 2.41 bits per heavy atom. The average Bonchev–Trinajstić information content (AvgIpc) is 2.39. The minimum absolute atomic E-state index is 0.515. The van der Waals surface area contributed by atoms with Crippen LogP contribution in [-0.2, 0) is 0 Å². The summed E-state index contributed by atoms with van der Waals surface area (Å²) in [4.78, 5) is 0. The zero-order chi connectivity index (χ0) is 12.3. The largest absolute Gasteiger partial charge is 0.317 e. The molecule has 0 aromatic heterocycles. The quantitative estimate of drug-likeness (QED) is 0.834. The van der Waals surface area contributed by atoms with E-state index in [1.165, 1.54) is 22.8 Å². The molecule has 0 aliphatic carbocycles. The third-order valence-electron chi connectivity index (χ3n) is 3.70. The molecule has 2 atom stereocenters. The number of fused-ring (bicyclic) bond motifs is 1. The fraction of sp³-hybridized carbons (Fsp3) is 0.375. The summed E-state index contributed by atoms with van der Waals surface area (Å²) in [7, 11) is 2.04. The predicted octanol–water partition coefficient (Wildman–Crippen LogP) is 3.94. The van der Waals surface area contributed by atoms with Gasteiger partial charge in [0.25, 0.3) is 0 Å². The first-order valence-electron chi connectivity index (χ1n) is 6.42. The van der Waals surface area contributed by atoms with Crippen LogP contribution in [0.2, 0.25) is 0 Å². The van der Waals surface area contributed by atoms with Crippen molar-refractivity contribution in [2.75, 3.05) is 7.05 Å². The molecule has 0 amide bonds. The zero-order valence-corrected chi connectivity index (χ0v) is 10.9. The van der Waals surface area contributed by atoms with Crippen molar-refractivity contribution in [1.82, 2.24) is 5.32 Å². The Hall–Kier alpha value is -1.34. The van der Waals surface area contributed by atoms with Crippen LogP contribution in [0.4, 0.5) is 0 Å². The van der Waals surface area contributed by atoms with Crippen LogP contribution < -0.4 is 5.32 Å². The van der Waals surface area contributed by atoms with Gasteiger partial charge in [-0.3, -0.25) is 0 Å². The Labute approximate surface area is 104 Å². The van der Waals surface area contributed by atoms with Crippen molar-refractivity contribution in [3.05, 3.63) is 48.0 Å². The van der Waals surface area contributed by atoms with E-state index in [1.54, 1.807) is 0 Å². The maximum Gasteiger partial charge on any atom is 0.0104 e. The highest BCUT2D eigenvalue weighted by Crippen LogP contribution is 2.26. The van der Waals surface area contributed by atoms with Crippen molar-refractivity contribution >= 4 is 10.8 Å². The van der Waals surface area contributed by atoms with Crippen LogP contribution in [0.15, 0.2) is 42.5 Å². The van der Waals surface area contributed by atoms with E-state index in [9.17, 15) is 0 Å². The highest BCUT2D eigenvalue weighted by Gasteiger charge is 2.15. The zero-order valence-electron chi connectivity index (χ0n) is 10.9. The molecule has 0 saturated carbocycles. The second kappa shape index (κ2) is 5.33. The van der Waals surface area contributed by atoms with Crippen molar-refractivity contribution in [2.45, 2.75) is 32.2 Å². The highest BCUT2D eigenvalue weighted by atomic mass is 14.9. The van der Waals surface area contributed by atoms with Gasteiger partial charge in [-0.2, -0.15) is 0 Å². The fourth-order valence-electron chi connectivity index (χ4n) is 2.52. The predicted molar refractivity (Wildman–Crippen MR) is 75.5 cm³/mol. The van der Waals surface area contributed by atoms with Gasteiger partial charge >= 0.3 is 0 Å². The van der Waals surface area contributed by atoms with Crippen molar-refractivity contribution in [2.24, 2.45) is 0 Å². The molecule has 1 N–H and O–H groups in total. The normalized spacial score (nSPS) is 14.8. The molecule has 2 aromatic carbocycles. The summed E-state index contributed by atoms with van der Waals surface area (Å²) in [5.74, 6) is 0.588. The molecule has 2 aromatic rings. The molecule has 0 aliphatic heterocycles. The number of hydrogen-bond donors (Lipinski definition) is 1. The second-order valence-corrected chi connectivity index (χ2v) is 4.70. The first-order chi connectivity index (χ1) is 8.26. The molecule has 0 saturated heterocycles. The van der Waals surface area contributed by atoms with E-state index in [4.69, 9.17) is 0 Å². The third-order valence-corrected chi connectivity index (χ3v) is 3.70. The van der Waals surface area contributed by atoms with Gasteiger partial charge in [-0.15, -0.1) is 0 Å². The number of likely N-dealkylation sites (N-methyl/N-ethyl adjacent to an activating group) is 1. The standard InChI is InChI=1S/C16H21N/c1-4-16(12(2)17-3)15-10-9-13-7-5-6-8-14(13)11-15/h5-12,16-17H,4H2,1-3H3. The summed E-state index contributed by atoms with van der Waals surface area (Å²) >= 11 is 0. The Morgan fingerprint density at radius 1 is 1.06 bits per heavy atom. The van der Waals surface area contributed by atoms with Crippen LogP contribution in [0.3, 0.4) is 0 Å². The van der Waals surface area contributed by atoms with Crippen LogP contribution in [-0.4, -0.2) is 13.1 Å². The van der Waals surface area contributed by atoms with E-state index in [2.05, 4.69) is 61.6 Å². The van der Waals surface area contributed by atoms with E-state index in [1.807, 2.05) is 7.05 Å². The van der Waals surface area contributed by atoms with Gasteiger partial charge in [-0.1, -0.05) is 49.4 Å². The summed E-state index contributed by atoms with van der Waals surface area (Å²) in [5.41, 5.74) is 1.44. The average molecular weight is 227 g/mol. The Bertz CT molecular complexity index is 490. The van der Waals surface area contributed by atoms with Crippen LogP contribution >= 0.6 is 0 Å². The molecule has 0 bridgehead atoms. The van der Waals surface area contributed by atoms with Gasteiger partial charge < -0.3 is 5.32 Å². The van der Waals surface area contributed by atoms with E-state index in [0.29, 0.717) is 12.0 Å². The van der Waals surface area contributed by atoms with Gasteiger partial charge in [0.05, 0.1) is 0 Å². The number of rotatable bonds is 4. The lowest BCUT2D eigenvalue weighted by atomic mass is 9.89. The topological polar surface area (TPSA) is 12.0 Å². The Morgan fingerprint density at radius 2 is 1.76 bits per heavy atom. The molecule has 1 heteroatoms. The van der Waals surface area contributed by atoms with Crippen molar-refractivity contribution in [3.63, 3.8) is 0 Å². The number of hydrogen-bond acceptors (Lipinski definition) is 1. The van der Waals surface area contributed by atoms with Crippen molar-refractivity contribution in [3.8, 4) is 0 Å². The lowest BCUT2D eigenvalue weighted by Gasteiger charge is -2.23. The molecule has 1 nitrogen and oxygen atoms in total. The molecule has 2 rings (SSSR count). The van der Waals surface area contributed by atoms with Gasteiger partial charge in [-0.25, -0.2) is 0 Å². The lowest BCUT2D eigenvalue weighted by molar-refractivity contribution is 0.483. The van der Waals surface area contributed by atoms with E-state index in [0.717, 1.165) is 0 Å². The molecule has 0 radical (unpaired) electrons. The van der Waals surface area contributed by atoms with Gasteiger partial charge in [0.1, 0.15) is 0 Å². The summed E-state index contributed by atoms with van der Waals surface area (Å²) in [5, 5.41) is 6.02. The highest BCUT2D eigenvalue weighted by molar-refractivity contribution is 5.83. The van der Waals surface area contributed by atoms with Gasteiger partial charge in [0.15, 0.2) is 0 Å². The van der Waals surface area contributed by atoms with Gasteiger partial charge in [-0.05, 0) is 42.6 Å². The van der Waals surface area contributed by atoms with Crippen LogP contribution in [0.25, 0.3) is 10.8 Å². The molecule has 0 aliphatic rings. The molecular formula is C16H21N. The maximum atomic E-state index is 3.36. The van der Waals surface area contributed by atoms with Gasteiger partial charge in [0.2, 0.25) is 0 Å². The minimum Gasteiger partial charge on any atom is -0.317 e. The van der Waals surface area contributed by atoms with E-state index in [-0.39, 0.29) is 0 Å². The molecule has 0 spiro atoms. The molecular weight excluding hydrogens is 206 g/mol. The Balaban J connectivity index is 2.40. The maximum absolute atomic E-state index is 3.36. The summed E-state index contributed by atoms with van der Waals surface area (Å²) in [6.45, 7) is 4.51. The molecule has 0 heterocycles. The van der Waals surface area contributed by atoms with Crippen LogP contribution in [0.5, 0.6) is 0 Å². The van der Waals surface area contributed by atoms with E-state index < -0.39 is 0 Å². The second-order valence-electron chi connectivity index (χ2n) is 4.70. The third kappa shape index (κ3) is 2.50. The number of benzene rings is 2. The summed E-state index contributed by atoms with van der Waals surface area (Å²) < 4.78 is 0. The monoisotopic (exact) mass is 227 g/mol. The SMILES string of the molecule is CCC(c1ccc2ccccc2c1)C(C)NC. The van der Waals surface area contributed by atoms with Crippen molar-refractivity contribution in [1.29, 1.82) is 0 Å². The molecule has 2 unspecified atom stereocenters. The fourth-order valence-corrected chi connectivity index (χ4v) is 2.52. The Kier molecular flexibility index (Phi) is 3.80. The van der Waals surface area contributed by atoms with Crippen LogP contribution in [0.1, 0.15) is 31.7 Å². The first kappa shape index (κ1) is 12.1. The minimum atomic E-state index is 0.515. The molecule has 90 valence electrons. The van der Waals surface area contributed by atoms with Crippen LogP contribution in [0, 0.1) is 0 Å². The summed E-state index contributed by atoms with van der Waals surface area (Å²) in [6, 6.07) is 15.9. The van der Waals surface area contributed by atoms with Crippen molar-refractivity contribution < 1.29 is 0 Å². The summed E-state index contributed by atoms with van der Waals surface area (Å²) in [6.07, 6.45) is 1.17. The van der Waals surface area contributed by atoms with Gasteiger partial charge in [0, 0.05) is 6.04 Å². The number of nitrogens with one attached hydrogen (secondary N) is 1.